The van der Waals surface area contributed by atoms with Crippen molar-refractivity contribution in [1.82, 2.24) is 0 Å². The molecule has 0 heterocycles. The van der Waals surface area contributed by atoms with Crippen molar-refractivity contribution in [3.63, 3.8) is 0 Å². The SMILES string of the molecule is CN(C)c1cc(Cl)ccc1-c1cccc(OC(F)(F)F)c1. The lowest BCUT2D eigenvalue weighted by Gasteiger charge is -2.18. The number of ether oxygens (including phenoxy) is 1. The van der Waals surface area contributed by atoms with E-state index in [1.54, 1.807) is 24.3 Å². The van der Waals surface area contributed by atoms with Gasteiger partial charge in [-0.2, -0.15) is 0 Å². The molecule has 0 aliphatic heterocycles. The molecule has 0 aromatic heterocycles. The largest absolute Gasteiger partial charge is 0.573 e. The number of rotatable bonds is 3. The van der Waals surface area contributed by atoms with Gasteiger partial charge in [0.15, 0.2) is 0 Å². The van der Waals surface area contributed by atoms with Crippen molar-refractivity contribution in [2.45, 2.75) is 6.36 Å². The molecule has 0 spiro atoms. The topological polar surface area (TPSA) is 12.5 Å². The summed E-state index contributed by atoms with van der Waals surface area (Å²) in [5.41, 5.74) is 2.21. The highest BCUT2D eigenvalue weighted by Gasteiger charge is 2.31. The van der Waals surface area contributed by atoms with E-state index in [1.807, 2.05) is 19.0 Å². The number of halogens is 4. The first-order chi connectivity index (χ1) is 9.76. The van der Waals surface area contributed by atoms with Gasteiger partial charge in [-0.05, 0) is 29.8 Å². The zero-order valence-corrected chi connectivity index (χ0v) is 12.2. The van der Waals surface area contributed by atoms with Crippen molar-refractivity contribution >= 4 is 17.3 Å². The molecule has 0 saturated heterocycles. The maximum atomic E-state index is 12.3. The maximum Gasteiger partial charge on any atom is 0.573 e. The first kappa shape index (κ1) is 15.5. The second kappa shape index (κ2) is 5.85. The molecule has 2 aromatic carbocycles. The molecule has 0 N–H and O–H groups in total. The monoisotopic (exact) mass is 315 g/mol. The molecule has 0 amide bonds. The van der Waals surface area contributed by atoms with Gasteiger partial charge >= 0.3 is 6.36 Å². The molecule has 0 fully saturated rings. The maximum absolute atomic E-state index is 12.3. The van der Waals surface area contributed by atoms with Crippen LogP contribution in [0.2, 0.25) is 5.02 Å². The molecule has 112 valence electrons. The van der Waals surface area contributed by atoms with E-state index in [9.17, 15) is 13.2 Å². The summed E-state index contributed by atoms with van der Waals surface area (Å²) in [6.07, 6.45) is -4.71. The van der Waals surface area contributed by atoms with Crippen molar-refractivity contribution in [2.75, 3.05) is 19.0 Å². The van der Waals surface area contributed by atoms with Crippen LogP contribution in [-0.2, 0) is 0 Å². The van der Waals surface area contributed by atoms with Gasteiger partial charge in [-0.3, -0.25) is 0 Å². The second-order valence-electron chi connectivity index (χ2n) is 4.63. The van der Waals surface area contributed by atoms with Crippen LogP contribution in [0.5, 0.6) is 5.75 Å². The molecule has 0 radical (unpaired) electrons. The van der Waals surface area contributed by atoms with E-state index in [0.29, 0.717) is 10.6 Å². The Kier molecular flexibility index (Phi) is 4.32. The Morgan fingerprint density at radius 2 is 1.76 bits per heavy atom. The quantitative estimate of drug-likeness (QED) is 0.792. The summed E-state index contributed by atoms with van der Waals surface area (Å²) < 4.78 is 40.8. The Morgan fingerprint density at radius 1 is 1.05 bits per heavy atom. The normalized spacial score (nSPS) is 11.3. The lowest BCUT2D eigenvalue weighted by atomic mass is 10.0. The Balaban J connectivity index is 2.45. The summed E-state index contributed by atoms with van der Waals surface area (Å²) in [6, 6.07) is 11.1. The number of alkyl halides is 3. The van der Waals surface area contributed by atoms with Gasteiger partial charge in [0.2, 0.25) is 0 Å². The van der Waals surface area contributed by atoms with Gasteiger partial charge in [0.05, 0.1) is 0 Å². The van der Waals surface area contributed by atoms with E-state index < -0.39 is 6.36 Å². The van der Waals surface area contributed by atoms with Crippen LogP contribution in [0.25, 0.3) is 11.1 Å². The molecule has 0 aliphatic carbocycles. The van der Waals surface area contributed by atoms with Crippen LogP contribution in [0, 0.1) is 0 Å². The molecule has 0 unspecified atom stereocenters. The van der Waals surface area contributed by atoms with Gasteiger partial charge < -0.3 is 9.64 Å². The molecule has 2 nitrogen and oxygen atoms in total. The van der Waals surface area contributed by atoms with Crippen molar-refractivity contribution < 1.29 is 17.9 Å². The highest BCUT2D eigenvalue weighted by Crippen LogP contribution is 2.34. The molecule has 2 aromatic rings. The number of anilines is 1. The van der Waals surface area contributed by atoms with Crippen LogP contribution in [0.4, 0.5) is 18.9 Å². The van der Waals surface area contributed by atoms with Crippen LogP contribution in [0.15, 0.2) is 42.5 Å². The molecule has 0 saturated carbocycles. The summed E-state index contributed by atoms with van der Waals surface area (Å²) in [7, 11) is 3.68. The Hall–Kier alpha value is -1.88. The number of benzene rings is 2. The fourth-order valence-corrected chi connectivity index (χ4v) is 2.15. The van der Waals surface area contributed by atoms with Crippen molar-refractivity contribution in [2.24, 2.45) is 0 Å². The lowest BCUT2D eigenvalue weighted by Crippen LogP contribution is -2.17. The zero-order valence-electron chi connectivity index (χ0n) is 11.4. The van der Waals surface area contributed by atoms with Gasteiger partial charge in [0.25, 0.3) is 0 Å². The average molecular weight is 316 g/mol. The van der Waals surface area contributed by atoms with E-state index in [-0.39, 0.29) is 5.75 Å². The Labute approximate surface area is 125 Å². The summed E-state index contributed by atoms with van der Waals surface area (Å²) in [5.74, 6) is -0.250. The summed E-state index contributed by atoms with van der Waals surface area (Å²) in [5, 5.41) is 0.560. The van der Waals surface area contributed by atoms with Crippen LogP contribution >= 0.6 is 11.6 Å². The van der Waals surface area contributed by atoms with Crippen LogP contribution in [0.3, 0.4) is 0 Å². The molecule has 0 aliphatic rings. The lowest BCUT2D eigenvalue weighted by molar-refractivity contribution is -0.274. The fourth-order valence-electron chi connectivity index (χ4n) is 1.98. The molecule has 0 atom stereocenters. The van der Waals surface area contributed by atoms with E-state index in [4.69, 9.17) is 11.6 Å². The highest BCUT2D eigenvalue weighted by atomic mass is 35.5. The van der Waals surface area contributed by atoms with Crippen molar-refractivity contribution in [1.29, 1.82) is 0 Å². The van der Waals surface area contributed by atoms with E-state index >= 15 is 0 Å². The number of hydrogen-bond acceptors (Lipinski definition) is 2. The summed E-state index contributed by atoms with van der Waals surface area (Å²) in [4.78, 5) is 1.85. The summed E-state index contributed by atoms with van der Waals surface area (Å²) in [6.45, 7) is 0. The molecule has 2 rings (SSSR count). The molecule has 0 bridgehead atoms. The standard InChI is InChI=1S/C15H13ClF3NO/c1-20(2)14-9-11(16)6-7-13(14)10-4-3-5-12(8-10)21-15(17,18)19/h3-9H,1-2H3. The average Bonchev–Trinajstić information content (AvgIpc) is 2.36. The predicted octanol–water partition coefficient (Wildman–Crippen LogP) is 4.97. The van der Waals surface area contributed by atoms with Gasteiger partial charge in [-0.1, -0.05) is 29.8 Å². The van der Waals surface area contributed by atoms with E-state index in [1.165, 1.54) is 18.2 Å². The fraction of sp³-hybridized carbons (Fsp3) is 0.200. The predicted molar refractivity (Wildman–Crippen MR) is 77.9 cm³/mol. The highest BCUT2D eigenvalue weighted by molar-refractivity contribution is 6.31. The second-order valence-corrected chi connectivity index (χ2v) is 5.07. The van der Waals surface area contributed by atoms with Gasteiger partial charge in [-0.15, -0.1) is 13.2 Å². The number of nitrogens with zero attached hydrogens (tertiary/aromatic N) is 1. The Bertz CT molecular complexity index is 641. The van der Waals surface area contributed by atoms with Crippen LogP contribution in [-0.4, -0.2) is 20.5 Å². The van der Waals surface area contributed by atoms with Gasteiger partial charge in [0, 0.05) is 30.4 Å². The molecular formula is C15H13ClF3NO. The third-order valence-corrected chi connectivity index (χ3v) is 3.06. The minimum Gasteiger partial charge on any atom is -0.406 e. The minimum atomic E-state index is -4.71. The molecule has 21 heavy (non-hydrogen) atoms. The van der Waals surface area contributed by atoms with Crippen molar-refractivity contribution in [3.8, 4) is 16.9 Å². The smallest absolute Gasteiger partial charge is 0.406 e. The van der Waals surface area contributed by atoms with Gasteiger partial charge in [0.1, 0.15) is 5.75 Å². The molecule has 6 heteroatoms. The van der Waals surface area contributed by atoms with Crippen molar-refractivity contribution in [3.05, 3.63) is 47.5 Å². The summed E-state index contributed by atoms with van der Waals surface area (Å²) >= 11 is 5.97. The minimum absolute atomic E-state index is 0.250. The van der Waals surface area contributed by atoms with E-state index in [0.717, 1.165) is 11.3 Å². The zero-order chi connectivity index (χ0) is 15.6. The first-order valence-corrected chi connectivity index (χ1v) is 6.47. The third kappa shape index (κ3) is 4.04. The van der Waals surface area contributed by atoms with Crippen LogP contribution < -0.4 is 9.64 Å². The van der Waals surface area contributed by atoms with E-state index in [2.05, 4.69) is 4.74 Å². The van der Waals surface area contributed by atoms with Gasteiger partial charge in [-0.25, -0.2) is 0 Å². The van der Waals surface area contributed by atoms with Crippen LogP contribution in [0.1, 0.15) is 0 Å². The third-order valence-electron chi connectivity index (χ3n) is 2.82. The Morgan fingerprint density at radius 3 is 2.38 bits per heavy atom. The molecular weight excluding hydrogens is 303 g/mol. The first-order valence-electron chi connectivity index (χ1n) is 6.09. The number of hydrogen-bond donors (Lipinski definition) is 0.